The number of carbonyl (C=O) groups is 2. The van der Waals surface area contributed by atoms with E-state index in [-0.39, 0.29) is 29.1 Å². The monoisotopic (exact) mass is 599 g/mol. The van der Waals surface area contributed by atoms with Gasteiger partial charge >= 0.3 is 0 Å². The number of hydrogen-bond acceptors (Lipinski definition) is 5. The van der Waals surface area contributed by atoms with Gasteiger partial charge in [0.25, 0.3) is 10.0 Å². The minimum atomic E-state index is -4.24. The molecule has 0 radical (unpaired) electrons. The lowest BCUT2D eigenvalue weighted by atomic mass is 10.1. The third-order valence-electron chi connectivity index (χ3n) is 6.70. The Bertz CT molecular complexity index is 1400. The Kier molecular flexibility index (Phi) is 11.6. The highest BCUT2D eigenvalue weighted by Gasteiger charge is 2.35. The second-order valence-electron chi connectivity index (χ2n) is 9.62. The average Bonchev–Trinajstić information content (AvgIpc) is 2.97. The van der Waals surface area contributed by atoms with Crippen LogP contribution in [-0.4, -0.2) is 50.4 Å². The predicted octanol–water partition coefficient (Wildman–Crippen LogP) is 5.66. The Balaban J connectivity index is 2.09. The smallest absolute Gasteiger partial charge is 0.264 e. The van der Waals surface area contributed by atoms with E-state index in [9.17, 15) is 18.0 Å². The first-order valence-electron chi connectivity index (χ1n) is 13.8. The lowest BCUT2D eigenvalue weighted by Gasteiger charge is -2.34. The Morgan fingerprint density at radius 1 is 0.902 bits per heavy atom. The molecule has 3 aromatic carbocycles. The molecule has 0 aliphatic rings. The van der Waals surface area contributed by atoms with Crippen LogP contribution in [0.2, 0.25) is 5.02 Å². The van der Waals surface area contributed by atoms with Crippen LogP contribution in [0.4, 0.5) is 5.69 Å². The number of ether oxygens (including phenoxy) is 1. The number of hydrogen-bond donors (Lipinski definition) is 1. The molecule has 3 aromatic rings. The molecule has 0 unspecified atom stereocenters. The minimum absolute atomic E-state index is 0.0304. The van der Waals surface area contributed by atoms with Crippen LogP contribution in [-0.2, 0) is 26.2 Å². The lowest BCUT2D eigenvalue weighted by molar-refractivity contribution is -0.140. The van der Waals surface area contributed by atoms with Crippen LogP contribution >= 0.6 is 11.6 Å². The number of amides is 2. The highest BCUT2D eigenvalue weighted by Crippen LogP contribution is 2.33. The first-order valence-corrected chi connectivity index (χ1v) is 15.6. The van der Waals surface area contributed by atoms with Gasteiger partial charge in [-0.2, -0.15) is 0 Å². The van der Waals surface area contributed by atoms with Gasteiger partial charge in [0.15, 0.2) is 0 Å². The van der Waals surface area contributed by atoms with Crippen LogP contribution in [0.15, 0.2) is 83.8 Å². The summed E-state index contributed by atoms with van der Waals surface area (Å²) in [5.74, 6) is -0.492. The summed E-state index contributed by atoms with van der Waals surface area (Å²) in [7, 11) is -4.24. The highest BCUT2D eigenvalue weighted by molar-refractivity contribution is 7.92. The van der Waals surface area contributed by atoms with E-state index in [1.54, 1.807) is 31.2 Å². The van der Waals surface area contributed by atoms with E-state index in [1.807, 2.05) is 51.1 Å². The maximum absolute atomic E-state index is 14.2. The predicted molar refractivity (Wildman–Crippen MR) is 163 cm³/mol. The van der Waals surface area contributed by atoms with Gasteiger partial charge < -0.3 is 15.0 Å². The molecule has 41 heavy (non-hydrogen) atoms. The quantitative estimate of drug-likeness (QED) is 0.258. The third kappa shape index (κ3) is 8.24. The molecule has 2 amide bonds. The van der Waals surface area contributed by atoms with E-state index in [2.05, 4.69) is 5.32 Å². The Morgan fingerprint density at radius 2 is 1.54 bits per heavy atom. The van der Waals surface area contributed by atoms with Crippen LogP contribution in [0, 0.1) is 0 Å². The van der Waals surface area contributed by atoms with Crippen molar-refractivity contribution in [2.45, 2.75) is 64.1 Å². The van der Waals surface area contributed by atoms with Crippen LogP contribution in [0.3, 0.4) is 0 Å². The van der Waals surface area contributed by atoms with Gasteiger partial charge in [0.2, 0.25) is 11.8 Å². The van der Waals surface area contributed by atoms with Crippen LogP contribution < -0.4 is 14.4 Å². The molecule has 1 N–H and O–H groups in total. The van der Waals surface area contributed by atoms with E-state index < -0.39 is 28.5 Å². The summed E-state index contributed by atoms with van der Waals surface area (Å²) >= 11 is 6.03. The second kappa shape index (κ2) is 14.9. The number of rotatable bonds is 14. The molecule has 3 rings (SSSR count). The van der Waals surface area contributed by atoms with Crippen molar-refractivity contribution in [3.8, 4) is 5.75 Å². The van der Waals surface area contributed by atoms with Gasteiger partial charge in [-0.3, -0.25) is 13.9 Å². The molecule has 0 saturated carbocycles. The summed E-state index contributed by atoms with van der Waals surface area (Å²) < 4.78 is 34.9. The number of nitrogens with one attached hydrogen (secondary N) is 1. The van der Waals surface area contributed by atoms with E-state index in [0.717, 1.165) is 16.3 Å². The number of para-hydroxylation sites is 2. The zero-order chi connectivity index (χ0) is 30.0. The number of carbonyl (C=O) groups excluding carboxylic acids is 2. The standard InChI is InChI=1S/C31H38ClN3O5S/c1-5-23(4)33-31(37)27(6-2)34(21-24-13-9-8-10-14-24)30(36)22-35(28-15-11-12-16-29(28)40-7-3)41(38,39)26-19-17-25(32)18-20-26/h8-20,23,27H,5-7,21-22H2,1-4H3,(H,33,37)/t23-,27+/m0/s1. The average molecular weight is 600 g/mol. The van der Waals surface area contributed by atoms with Crippen molar-refractivity contribution >= 4 is 39.1 Å². The fourth-order valence-corrected chi connectivity index (χ4v) is 5.88. The lowest BCUT2D eigenvalue weighted by Crippen LogP contribution is -2.53. The van der Waals surface area contributed by atoms with Crippen molar-refractivity contribution in [1.82, 2.24) is 10.2 Å². The SMILES string of the molecule is CCOc1ccccc1N(CC(=O)N(Cc1ccccc1)[C@H](CC)C(=O)N[C@@H](C)CC)S(=O)(=O)c1ccc(Cl)cc1. The number of sulfonamides is 1. The van der Waals surface area contributed by atoms with Gasteiger partial charge in [0.1, 0.15) is 18.3 Å². The third-order valence-corrected chi connectivity index (χ3v) is 8.72. The molecule has 0 heterocycles. The van der Waals surface area contributed by atoms with Gasteiger partial charge in [-0.25, -0.2) is 8.42 Å². The topological polar surface area (TPSA) is 96.0 Å². The summed E-state index contributed by atoms with van der Waals surface area (Å²) in [6.07, 6.45) is 1.08. The second-order valence-corrected chi connectivity index (χ2v) is 11.9. The summed E-state index contributed by atoms with van der Waals surface area (Å²) in [6.45, 7) is 7.38. The van der Waals surface area contributed by atoms with Crippen molar-refractivity contribution in [2.24, 2.45) is 0 Å². The molecular formula is C31H38ClN3O5S. The molecule has 0 bridgehead atoms. The molecule has 0 aromatic heterocycles. The van der Waals surface area contributed by atoms with E-state index >= 15 is 0 Å². The Hall–Kier alpha value is -3.56. The van der Waals surface area contributed by atoms with E-state index in [4.69, 9.17) is 16.3 Å². The summed E-state index contributed by atoms with van der Waals surface area (Å²) in [5.41, 5.74) is 1.03. The Labute approximate surface area is 248 Å². The molecule has 220 valence electrons. The fourth-order valence-electron chi connectivity index (χ4n) is 4.33. The largest absolute Gasteiger partial charge is 0.492 e. The zero-order valence-corrected chi connectivity index (χ0v) is 25.5. The summed E-state index contributed by atoms with van der Waals surface area (Å²) in [5, 5.41) is 3.36. The molecule has 0 spiro atoms. The molecule has 0 fully saturated rings. The maximum atomic E-state index is 14.2. The first-order chi connectivity index (χ1) is 19.6. The number of nitrogens with zero attached hydrogens (tertiary/aromatic N) is 2. The van der Waals surface area contributed by atoms with Crippen LogP contribution in [0.1, 0.15) is 46.1 Å². The van der Waals surface area contributed by atoms with Crippen molar-refractivity contribution in [3.05, 3.63) is 89.4 Å². The van der Waals surface area contributed by atoms with Gasteiger partial charge in [0, 0.05) is 17.6 Å². The van der Waals surface area contributed by atoms with Gasteiger partial charge in [-0.05, 0) is 68.7 Å². The normalized spacial score (nSPS) is 12.7. The number of anilines is 1. The molecule has 8 nitrogen and oxygen atoms in total. The molecule has 0 aliphatic heterocycles. The first kappa shape index (κ1) is 32.0. The zero-order valence-electron chi connectivity index (χ0n) is 23.9. The highest BCUT2D eigenvalue weighted by atomic mass is 35.5. The number of benzene rings is 3. The maximum Gasteiger partial charge on any atom is 0.264 e. The van der Waals surface area contributed by atoms with Crippen molar-refractivity contribution in [3.63, 3.8) is 0 Å². The minimum Gasteiger partial charge on any atom is -0.492 e. The van der Waals surface area contributed by atoms with E-state index in [1.165, 1.54) is 29.2 Å². The molecule has 0 saturated heterocycles. The molecule has 2 atom stereocenters. The molecular weight excluding hydrogens is 562 g/mol. The van der Waals surface area contributed by atoms with Crippen molar-refractivity contribution in [1.29, 1.82) is 0 Å². The van der Waals surface area contributed by atoms with Gasteiger partial charge in [0.05, 0.1) is 17.2 Å². The summed E-state index contributed by atoms with van der Waals surface area (Å²) in [6, 6.07) is 20.9. The van der Waals surface area contributed by atoms with Gasteiger partial charge in [-0.1, -0.05) is 67.9 Å². The Morgan fingerprint density at radius 3 is 2.15 bits per heavy atom. The van der Waals surface area contributed by atoms with Crippen LogP contribution in [0.5, 0.6) is 5.75 Å². The van der Waals surface area contributed by atoms with Crippen molar-refractivity contribution < 1.29 is 22.7 Å². The van der Waals surface area contributed by atoms with Crippen LogP contribution in [0.25, 0.3) is 0 Å². The number of halogens is 1. The fraction of sp³-hybridized carbons (Fsp3) is 0.355. The van der Waals surface area contributed by atoms with Gasteiger partial charge in [-0.15, -0.1) is 0 Å². The molecule has 10 heteroatoms. The molecule has 0 aliphatic carbocycles. The van der Waals surface area contributed by atoms with E-state index in [0.29, 0.717) is 23.8 Å². The summed E-state index contributed by atoms with van der Waals surface area (Å²) in [4.78, 5) is 29.0. The van der Waals surface area contributed by atoms with Crippen molar-refractivity contribution in [2.75, 3.05) is 17.5 Å².